The van der Waals surface area contributed by atoms with Crippen LogP contribution in [0.2, 0.25) is 0 Å². The highest BCUT2D eigenvalue weighted by Crippen LogP contribution is 2.22. The number of Topliss-reactive ketones (excluding diaryl/α,β-unsaturated/α-hetero) is 1. The van der Waals surface area contributed by atoms with Crippen molar-refractivity contribution in [3.05, 3.63) is 38.4 Å². The number of ketones is 1. The lowest BCUT2D eigenvalue weighted by molar-refractivity contribution is 0.100. The molecule has 1 heterocycles. The fourth-order valence-electron chi connectivity index (χ4n) is 1.35. The van der Waals surface area contributed by atoms with Crippen molar-refractivity contribution in [2.45, 2.75) is 6.92 Å². The Labute approximate surface area is 126 Å². The highest BCUT2D eigenvalue weighted by Gasteiger charge is 2.14. The number of benzene rings is 1. The van der Waals surface area contributed by atoms with Gasteiger partial charge >= 0.3 is 0 Å². The van der Waals surface area contributed by atoms with Crippen molar-refractivity contribution in [2.75, 3.05) is 5.32 Å². The minimum Gasteiger partial charge on any atom is -0.507 e. The average Bonchev–Trinajstić information content (AvgIpc) is 2.80. The minimum absolute atomic E-state index is 0.0961. The van der Waals surface area contributed by atoms with Gasteiger partial charge in [-0.25, -0.2) is 4.98 Å². The number of nitrogens with zero attached hydrogens (tertiary/aromatic N) is 1. The van der Waals surface area contributed by atoms with Crippen molar-refractivity contribution in [2.24, 2.45) is 0 Å². The number of anilines is 1. The predicted octanol–water partition coefficient (Wildman–Crippen LogP) is 2.91. The van der Waals surface area contributed by atoms with Crippen molar-refractivity contribution in [3.8, 4) is 5.75 Å². The molecule has 0 aliphatic rings. The maximum Gasteiger partial charge on any atom is 0.261 e. The summed E-state index contributed by atoms with van der Waals surface area (Å²) in [5.74, 6) is -0.712. The first-order chi connectivity index (χ1) is 8.97. The normalized spacial score (nSPS) is 10.2. The first-order valence-corrected chi connectivity index (χ1v) is 7.19. The number of aromatic nitrogens is 1. The third kappa shape index (κ3) is 3.29. The number of carbonyl (C=O) groups is 2. The van der Waals surface area contributed by atoms with Crippen LogP contribution in [-0.4, -0.2) is 21.8 Å². The van der Waals surface area contributed by atoms with Crippen LogP contribution in [0.4, 0.5) is 5.13 Å². The van der Waals surface area contributed by atoms with Gasteiger partial charge in [-0.05, 0) is 40.8 Å². The molecule has 0 fully saturated rings. The summed E-state index contributed by atoms with van der Waals surface area (Å²) in [4.78, 5) is 27.1. The van der Waals surface area contributed by atoms with E-state index in [1.807, 2.05) is 0 Å². The van der Waals surface area contributed by atoms with Crippen LogP contribution in [-0.2, 0) is 0 Å². The SMILES string of the molecule is CC(=O)c1csc(NC(=O)c2cc(I)ccc2O)n1. The molecule has 5 nitrogen and oxygen atoms in total. The summed E-state index contributed by atoms with van der Waals surface area (Å²) in [5.41, 5.74) is 0.485. The Hall–Kier alpha value is -1.48. The van der Waals surface area contributed by atoms with Gasteiger partial charge in [0.05, 0.1) is 5.56 Å². The number of nitrogens with one attached hydrogen (secondary N) is 1. The quantitative estimate of drug-likeness (QED) is 0.626. The molecule has 0 radical (unpaired) electrons. The number of hydrogen-bond donors (Lipinski definition) is 2. The van der Waals surface area contributed by atoms with Gasteiger partial charge in [0.2, 0.25) is 0 Å². The molecular formula is C12H9IN2O3S. The molecule has 98 valence electrons. The lowest BCUT2D eigenvalue weighted by atomic mass is 10.2. The Balaban J connectivity index is 2.20. The van der Waals surface area contributed by atoms with E-state index in [0.29, 0.717) is 10.8 Å². The van der Waals surface area contributed by atoms with E-state index >= 15 is 0 Å². The monoisotopic (exact) mass is 388 g/mol. The molecule has 2 aromatic rings. The molecule has 1 aromatic carbocycles. The molecule has 0 saturated heterocycles. The van der Waals surface area contributed by atoms with E-state index < -0.39 is 5.91 Å². The molecule has 1 amide bonds. The largest absolute Gasteiger partial charge is 0.507 e. The maximum absolute atomic E-state index is 12.0. The van der Waals surface area contributed by atoms with Gasteiger partial charge in [0.15, 0.2) is 10.9 Å². The van der Waals surface area contributed by atoms with Crippen LogP contribution in [0.5, 0.6) is 5.75 Å². The van der Waals surface area contributed by atoms with Gasteiger partial charge in [-0.2, -0.15) is 0 Å². The number of rotatable bonds is 3. The fourth-order valence-corrected chi connectivity index (χ4v) is 2.58. The van der Waals surface area contributed by atoms with E-state index in [9.17, 15) is 14.7 Å². The zero-order valence-electron chi connectivity index (χ0n) is 9.81. The number of halogens is 1. The highest BCUT2D eigenvalue weighted by atomic mass is 127. The van der Waals surface area contributed by atoms with E-state index in [0.717, 1.165) is 14.9 Å². The molecule has 0 spiro atoms. The molecule has 0 unspecified atom stereocenters. The second-order valence-electron chi connectivity index (χ2n) is 3.71. The van der Waals surface area contributed by atoms with Crippen LogP contribution in [0, 0.1) is 3.57 Å². The van der Waals surface area contributed by atoms with Crippen molar-refractivity contribution in [1.82, 2.24) is 4.98 Å². The van der Waals surface area contributed by atoms with Crippen molar-refractivity contribution >= 4 is 50.7 Å². The molecule has 1 aromatic heterocycles. The van der Waals surface area contributed by atoms with Crippen molar-refractivity contribution < 1.29 is 14.7 Å². The Kier molecular flexibility index (Phi) is 4.15. The molecule has 0 saturated carbocycles. The standard InChI is InChI=1S/C12H9IN2O3S/c1-6(16)9-5-19-12(14-9)15-11(18)8-4-7(13)2-3-10(8)17/h2-5,17H,1H3,(H,14,15,18). The molecule has 0 aliphatic heterocycles. The number of hydrogen-bond acceptors (Lipinski definition) is 5. The number of amides is 1. The average molecular weight is 388 g/mol. The van der Waals surface area contributed by atoms with Gasteiger partial charge in [-0.1, -0.05) is 0 Å². The Morgan fingerprint density at radius 2 is 2.16 bits per heavy atom. The van der Waals surface area contributed by atoms with E-state index in [2.05, 4.69) is 32.9 Å². The summed E-state index contributed by atoms with van der Waals surface area (Å²) in [5, 5.41) is 14.1. The van der Waals surface area contributed by atoms with E-state index in [1.165, 1.54) is 13.0 Å². The summed E-state index contributed by atoms with van der Waals surface area (Å²) >= 11 is 3.21. The highest BCUT2D eigenvalue weighted by molar-refractivity contribution is 14.1. The maximum atomic E-state index is 12.0. The van der Waals surface area contributed by atoms with Crippen molar-refractivity contribution in [1.29, 1.82) is 0 Å². The molecule has 7 heteroatoms. The molecule has 19 heavy (non-hydrogen) atoms. The molecular weight excluding hydrogens is 379 g/mol. The molecule has 0 aliphatic carbocycles. The van der Waals surface area contributed by atoms with Gasteiger partial charge in [0.25, 0.3) is 5.91 Å². The predicted molar refractivity (Wildman–Crippen MR) is 80.9 cm³/mol. The summed E-state index contributed by atoms with van der Waals surface area (Å²) in [6.45, 7) is 1.41. The smallest absolute Gasteiger partial charge is 0.261 e. The lowest BCUT2D eigenvalue weighted by Crippen LogP contribution is -2.12. The second kappa shape index (κ2) is 5.66. The van der Waals surface area contributed by atoms with Crippen LogP contribution in [0.15, 0.2) is 23.6 Å². The van der Waals surface area contributed by atoms with E-state index in [-0.39, 0.29) is 17.1 Å². The van der Waals surface area contributed by atoms with Crippen LogP contribution >= 0.6 is 33.9 Å². The Morgan fingerprint density at radius 1 is 1.42 bits per heavy atom. The summed E-state index contributed by atoms with van der Waals surface area (Å²) in [6, 6.07) is 4.73. The summed E-state index contributed by atoms with van der Waals surface area (Å²) in [7, 11) is 0. The van der Waals surface area contributed by atoms with Gasteiger partial charge in [-0.15, -0.1) is 11.3 Å². The van der Waals surface area contributed by atoms with Crippen LogP contribution in [0.25, 0.3) is 0 Å². The second-order valence-corrected chi connectivity index (χ2v) is 5.81. The van der Waals surface area contributed by atoms with Crippen LogP contribution in [0.1, 0.15) is 27.8 Å². The Morgan fingerprint density at radius 3 is 2.79 bits per heavy atom. The number of phenolic OH excluding ortho intramolecular Hbond substituents is 1. The summed E-state index contributed by atoms with van der Waals surface area (Å²) in [6.07, 6.45) is 0. The molecule has 0 bridgehead atoms. The van der Waals surface area contributed by atoms with Gasteiger partial charge < -0.3 is 5.11 Å². The lowest BCUT2D eigenvalue weighted by Gasteiger charge is -2.04. The Bertz CT molecular complexity index is 654. The summed E-state index contributed by atoms with van der Waals surface area (Å²) < 4.78 is 0.837. The van der Waals surface area contributed by atoms with Crippen LogP contribution in [0.3, 0.4) is 0 Å². The third-order valence-corrected chi connectivity index (χ3v) is 3.72. The zero-order valence-corrected chi connectivity index (χ0v) is 12.8. The van der Waals surface area contributed by atoms with E-state index in [1.54, 1.807) is 17.5 Å². The molecule has 2 rings (SSSR count). The minimum atomic E-state index is -0.458. The van der Waals surface area contributed by atoms with Gasteiger partial charge in [0.1, 0.15) is 11.4 Å². The molecule has 2 N–H and O–H groups in total. The zero-order chi connectivity index (χ0) is 14.0. The number of aromatic hydroxyl groups is 1. The fraction of sp³-hybridized carbons (Fsp3) is 0.0833. The van der Waals surface area contributed by atoms with Crippen LogP contribution < -0.4 is 5.32 Å². The topological polar surface area (TPSA) is 79.3 Å². The van der Waals surface area contributed by atoms with Crippen molar-refractivity contribution in [3.63, 3.8) is 0 Å². The third-order valence-electron chi connectivity index (χ3n) is 2.29. The first-order valence-electron chi connectivity index (χ1n) is 5.23. The molecule has 0 atom stereocenters. The number of carbonyl (C=O) groups excluding carboxylic acids is 2. The first kappa shape index (κ1) is 13.9. The number of thiazole rings is 1. The number of phenols is 1. The van der Waals surface area contributed by atoms with Gasteiger partial charge in [-0.3, -0.25) is 14.9 Å². The van der Waals surface area contributed by atoms with Gasteiger partial charge in [0, 0.05) is 15.9 Å². The van der Waals surface area contributed by atoms with E-state index in [4.69, 9.17) is 0 Å².